The van der Waals surface area contributed by atoms with Crippen molar-refractivity contribution in [3.63, 3.8) is 0 Å². The number of benzene rings is 1. The molecule has 3 amide bonds. The van der Waals surface area contributed by atoms with Gasteiger partial charge >= 0.3 is 0 Å². The summed E-state index contributed by atoms with van der Waals surface area (Å²) < 4.78 is 5.48. The van der Waals surface area contributed by atoms with Gasteiger partial charge in [0.1, 0.15) is 11.8 Å². The second kappa shape index (κ2) is 6.43. The molecule has 1 saturated heterocycles. The van der Waals surface area contributed by atoms with Gasteiger partial charge in [-0.05, 0) is 31.9 Å². The molecule has 3 rings (SSSR count). The molecule has 1 heterocycles. The number of rotatable bonds is 6. The molecule has 2 aliphatic rings. The molecule has 0 spiro atoms. The number of amides is 3. The first-order chi connectivity index (χ1) is 11.5. The molecule has 1 aromatic rings. The van der Waals surface area contributed by atoms with Crippen LogP contribution in [0.15, 0.2) is 24.3 Å². The van der Waals surface area contributed by atoms with Gasteiger partial charge in [-0.25, -0.2) is 0 Å². The number of ether oxygens (including phenoxy) is 1. The summed E-state index contributed by atoms with van der Waals surface area (Å²) >= 11 is 0. The Bertz CT molecular complexity index is 711. The first kappa shape index (κ1) is 16.2. The van der Waals surface area contributed by atoms with E-state index in [-0.39, 0.29) is 36.7 Å². The van der Waals surface area contributed by atoms with Crippen molar-refractivity contribution in [2.24, 2.45) is 0 Å². The Morgan fingerprint density at radius 1 is 1.29 bits per heavy atom. The molecule has 7 nitrogen and oxygen atoms in total. The maximum Gasteiger partial charge on any atom is 0.261 e. The van der Waals surface area contributed by atoms with Gasteiger partial charge in [0.15, 0.2) is 12.4 Å². The molecular weight excluding hydrogens is 312 g/mol. The largest absolute Gasteiger partial charge is 0.484 e. The van der Waals surface area contributed by atoms with E-state index in [0.717, 1.165) is 12.8 Å². The summed E-state index contributed by atoms with van der Waals surface area (Å²) in [5.74, 6) is -0.802. The molecule has 0 radical (unpaired) electrons. The predicted octanol–water partition coefficient (Wildman–Crippen LogP) is 0.674. The van der Waals surface area contributed by atoms with Gasteiger partial charge < -0.3 is 9.64 Å². The van der Waals surface area contributed by atoms with Crippen LogP contribution >= 0.6 is 0 Å². The molecule has 1 aliphatic carbocycles. The highest BCUT2D eigenvalue weighted by Gasteiger charge is 2.44. The number of hydrogen-bond acceptors (Lipinski definition) is 5. The molecule has 7 heteroatoms. The Morgan fingerprint density at radius 2 is 2.04 bits per heavy atom. The van der Waals surface area contributed by atoms with Gasteiger partial charge in [-0.15, -0.1) is 0 Å². The first-order valence-electron chi connectivity index (χ1n) is 7.84. The molecule has 1 aromatic carbocycles. The molecule has 0 bridgehead atoms. The van der Waals surface area contributed by atoms with Crippen LogP contribution < -0.4 is 10.1 Å². The van der Waals surface area contributed by atoms with Crippen LogP contribution in [0.1, 0.15) is 36.5 Å². The lowest BCUT2D eigenvalue weighted by atomic mass is 10.1. The van der Waals surface area contributed by atoms with Gasteiger partial charge in [0.2, 0.25) is 11.8 Å². The SMILES string of the molecule is CC(=O)c1cccc(OCC(=O)N(C2CC2)C2CC(=O)NC2=O)c1. The molecule has 2 fully saturated rings. The summed E-state index contributed by atoms with van der Waals surface area (Å²) in [5.41, 5.74) is 0.500. The topological polar surface area (TPSA) is 92.8 Å². The van der Waals surface area contributed by atoms with E-state index in [9.17, 15) is 19.2 Å². The van der Waals surface area contributed by atoms with Crippen molar-refractivity contribution in [1.29, 1.82) is 0 Å². The fourth-order valence-electron chi connectivity index (χ4n) is 2.77. The van der Waals surface area contributed by atoms with Gasteiger partial charge in [-0.2, -0.15) is 0 Å². The predicted molar refractivity (Wildman–Crippen MR) is 83.4 cm³/mol. The monoisotopic (exact) mass is 330 g/mol. The maximum atomic E-state index is 12.5. The van der Waals surface area contributed by atoms with Gasteiger partial charge in [-0.1, -0.05) is 12.1 Å². The van der Waals surface area contributed by atoms with Crippen molar-refractivity contribution >= 4 is 23.5 Å². The molecule has 1 unspecified atom stereocenters. The molecule has 24 heavy (non-hydrogen) atoms. The van der Waals surface area contributed by atoms with Gasteiger partial charge in [0, 0.05) is 11.6 Å². The van der Waals surface area contributed by atoms with Crippen LogP contribution in [0, 0.1) is 0 Å². The van der Waals surface area contributed by atoms with Crippen LogP contribution in [0.3, 0.4) is 0 Å². The molecule has 1 saturated carbocycles. The van der Waals surface area contributed by atoms with E-state index < -0.39 is 11.9 Å². The number of carbonyl (C=O) groups excluding carboxylic acids is 4. The number of Topliss-reactive ketones (excluding diaryl/α,β-unsaturated/α-hetero) is 1. The molecule has 126 valence electrons. The number of hydrogen-bond donors (Lipinski definition) is 1. The lowest BCUT2D eigenvalue weighted by Gasteiger charge is -2.26. The standard InChI is InChI=1S/C17H18N2O5/c1-10(20)11-3-2-4-13(7-11)24-9-16(22)19(12-5-6-12)14-8-15(21)18-17(14)23/h2-4,7,12,14H,5-6,8-9H2,1H3,(H,18,21,23). The zero-order valence-electron chi connectivity index (χ0n) is 13.3. The van der Waals surface area contributed by atoms with E-state index in [2.05, 4.69) is 5.32 Å². The van der Waals surface area contributed by atoms with Gasteiger partial charge in [-0.3, -0.25) is 24.5 Å². The fourth-order valence-corrected chi connectivity index (χ4v) is 2.77. The van der Waals surface area contributed by atoms with E-state index in [0.29, 0.717) is 11.3 Å². The molecule has 1 N–H and O–H groups in total. The van der Waals surface area contributed by atoms with E-state index >= 15 is 0 Å². The number of carbonyl (C=O) groups is 4. The van der Waals surface area contributed by atoms with Gasteiger partial charge in [0.05, 0.1) is 6.42 Å². The first-order valence-corrected chi connectivity index (χ1v) is 7.84. The van der Waals surface area contributed by atoms with Crippen LogP contribution in [0.25, 0.3) is 0 Å². The average Bonchev–Trinajstić information content (AvgIpc) is 3.31. The Balaban J connectivity index is 1.66. The van der Waals surface area contributed by atoms with Crippen molar-refractivity contribution in [1.82, 2.24) is 10.2 Å². The fraction of sp³-hybridized carbons (Fsp3) is 0.412. The van der Waals surface area contributed by atoms with Crippen LogP contribution in [-0.4, -0.2) is 47.1 Å². The summed E-state index contributed by atoms with van der Waals surface area (Å²) in [7, 11) is 0. The highest BCUT2D eigenvalue weighted by Crippen LogP contribution is 2.31. The Labute approximate surface area is 139 Å². The van der Waals surface area contributed by atoms with Gasteiger partial charge in [0.25, 0.3) is 5.91 Å². The Kier molecular flexibility index (Phi) is 4.33. The lowest BCUT2D eigenvalue weighted by molar-refractivity contribution is -0.141. The lowest BCUT2D eigenvalue weighted by Crippen LogP contribution is -2.47. The minimum atomic E-state index is -0.746. The third kappa shape index (κ3) is 3.45. The molecule has 1 aliphatic heterocycles. The van der Waals surface area contributed by atoms with Crippen LogP contribution in [0.4, 0.5) is 0 Å². The normalized spacial score (nSPS) is 19.8. The maximum absolute atomic E-state index is 12.5. The second-order valence-corrected chi connectivity index (χ2v) is 6.04. The van der Waals surface area contributed by atoms with Crippen molar-refractivity contribution < 1.29 is 23.9 Å². The van der Waals surface area contributed by atoms with Crippen LogP contribution in [0.2, 0.25) is 0 Å². The molecule has 0 aromatic heterocycles. The van der Waals surface area contributed by atoms with Crippen molar-refractivity contribution in [2.75, 3.05) is 6.61 Å². The summed E-state index contributed by atoms with van der Waals surface area (Å²) in [6, 6.07) is 5.83. The summed E-state index contributed by atoms with van der Waals surface area (Å²) in [6.07, 6.45) is 1.65. The van der Waals surface area contributed by atoms with E-state index in [1.165, 1.54) is 11.8 Å². The minimum Gasteiger partial charge on any atom is -0.484 e. The Hall–Kier alpha value is -2.70. The smallest absolute Gasteiger partial charge is 0.261 e. The number of ketones is 1. The van der Waals surface area contributed by atoms with Crippen molar-refractivity contribution in [2.45, 2.75) is 38.3 Å². The van der Waals surface area contributed by atoms with Crippen molar-refractivity contribution in [3.05, 3.63) is 29.8 Å². The third-order valence-corrected chi connectivity index (χ3v) is 4.11. The van der Waals surface area contributed by atoms with E-state index in [1.807, 2.05) is 0 Å². The summed E-state index contributed by atoms with van der Waals surface area (Å²) in [6.45, 7) is 1.21. The number of nitrogens with one attached hydrogen (secondary N) is 1. The quantitative estimate of drug-likeness (QED) is 0.611. The van der Waals surface area contributed by atoms with Crippen molar-refractivity contribution in [3.8, 4) is 5.75 Å². The highest BCUT2D eigenvalue weighted by molar-refractivity contribution is 6.07. The van der Waals surface area contributed by atoms with Crippen LogP contribution in [0.5, 0.6) is 5.75 Å². The number of imide groups is 1. The van der Waals surface area contributed by atoms with Crippen LogP contribution in [-0.2, 0) is 14.4 Å². The zero-order chi connectivity index (χ0) is 17.3. The number of nitrogens with zero attached hydrogens (tertiary/aromatic N) is 1. The molecule has 1 atom stereocenters. The molecular formula is C17H18N2O5. The van der Waals surface area contributed by atoms with E-state index in [4.69, 9.17) is 4.74 Å². The Morgan fingerprint density at radius 3 is 2.62 bits per heavy atom. The highest BCUT2D eigenvalue weighted by atomic mass is 16.5. The third-order valence-electron chi connectivity index (χ3n) is 4.11. The summed E-state index contributed by atoms with van der Waals surface area (Å²) in [4.78, 5) is 48.6. The van der Waals surface area contributed by atoms with E-state index in [1.54, 1.807) is 24.3 Å². The average molecular weight is 330 g/mol. The second-order valence-electron chi connectivity index (χ2n) is 6.04. The summed E-state index contributed by atoms with van der Waals surface area (Å²) in [5, 5.41) is 2.23. The zero-order valence-corrected chi connectivity index (χ0v) is 13.3. The minimum absolute atomic E-state index is 0.000888.